The maximum Gasteiger partial charge on any atom is 0.269 e. The third-order valence-electron chi connectivity index (χ3n) is 3.20. The summed E-state index contributed by atoms with van der Waals surface area (Å²) in [6.45, 7) is 2.42. The Kier molecular flexibility index (Phi) is 4.68. The molecule has 0 aliphatic rings. The van der Waals surface area contributed by atoms with Crippen LogP contribution in [0.4, 0.5) is 5.69 Å². The first-order valence-corrected chi connectivity index (χ1v) is 8.13. The average Bonchev–Trinajstić information content (AvgIpc) is 3.01. The Bertz CT molecular complexity index is 785. The number of carbonyl (C=O) groups excluding carboxylic acids is 1. The van der Waals surface area contributed by atoms with Gasteiger partial charge in [0.05, 0.1) is 6.61 Å². The number of ether oxygens (including phenoxy) is 1. The number of nitrogens with one attached hydrogen (secondary N) is 1. The zero-order valence-electron chi connectivity index (χ0n) is 12.7. The molecule has 2 heterocycles. The third kappa shape index (κ3) is 3.57. The normalized spacial score (nSPS) is 10.3. The van der Waals surface area contributed by atoms with Crippen LogP contribution in [0, 0.1) is 0 Å². The van der Waals surface area contributed by atoms with Crippen LogP contribution >= 0.6 is 11.3 Å². The van der Waals surface area contributed by atoms with Crippen molar-refractivity contribution in [3.8, 4) is 16.2 Å². The number of thiophene rings is 1. The van der Waals surface area contributed by atoms with Crippen molar-refractivity contribution in [2.45, 2.75) is 6.92 Å². The van der Waals surface area contributed by atoms with Crippen LogP contribution in [0.1, 0.15) is 16.6 Å². The Hall–Kier alpha value is -2.66. The molecule has 3 rings (SSSR count). The second kappa shape index (κ2) is 7.07. The van der Waals surface area contributed by atoms with Crippen LogP contribution in [-0.4, -0.2) is 17.5 Å². The van der Waals surface area contributed by atoms with E-state index in [9.17, 15) is 4.79 Å². The summed E-state index contributed by atoms with van der Waals surface area (Å²) < 4.78 is 5.64. The van der Waals surface area contributed by atoms with E-state index in [0.29, 0.717) is 22.9 Å². The molecule has 4 nitrogen and oxygen atoms in total. The molecular formula is C18H16N2O2S. The lowest BCUT2D eigenvalue weighted by molar-refractivity contribution is 0.102. The smallest absolute Gasteiger partial charge is 0.269 e. The van der Waals surface area contributed by atoms with Gasteiger partial charge in [0.15, 0.2) is 0 Å². The lowest BCUT2D eigenvalue weighted by atomic mass is 10.2. The SMILES string of the molecule is CCOc1cc(-c2ccccc2)sc1C(=O)Nc1ccncc1. The minimum Gasteiger partial charge on any atom is -0.492 e. The second-order valence-electron chi connectivity index (χ2n) is 4.79. The number of amides is 1. The van der Waals surface area contributed by atoms with Crippen molar-refractivity contribution in [1.82, 2.24) is 4.98 Å². The van der Waals surface area contributed by atoms with Crippen LogP contribution in [-0.2, 0) is 0 Å². The fourth-order valence-electron chi connectivity index (χ4n) is 2.16. The first-order chi connectivity index (χ1) is 11.3. The maximum atomic E-state index is 12.6. The highest BCUT2D eigenvalue weighted by Crippen LogP contribution is 2.36. The summed E-state index contributed by atoms with van der Waals surface area (Å²) in [4.78, 5) is 18.1. The molecule has 0 saturated heterocycles. The molecule has 5 heteroatoms. The molecule has 1 amide bonds. The van der Waals surface area contributed by atoms with Gasteiger partial charge in [-0.25, -0.2) is 0 Å². The summed E-state index contributed by atoms with van der Waals surface area (Å²) in [6, 6.07) is 15.4. The highest BCUT2D eigenvalue weighted by Gasteiger charge is 2.18. The van der Waals surface area contributed by atoms with Gasteiger partial charge in [-0.05, 0) is 30.7 Å². The zero-order valence-corrected chi connectivity index (χ0v) is 13.5. The molecule has 1 aromatic carbocycles. The fraction of sp³-hybridized carbons (Fsp3) is 0.111. The Labute approximate surface area is 138 Å². The number of nitrogens with zero attached hydrogens (tertiary/aromatic N) is 1. The molecule has 0 atom stereocenters. The number of benzene rings is 1. The molecule has 0 spiro atoms. The van der Waals surface area contributed by atoms with E-state index in [1.54, 1.807) is 24.5 Å². The summed E-state index contributed by atoms with van der Waals surface area (Å²) in [5.41, 5.74) is 1.78. The van der Waals surface area contributed by atoms with Gasteiger partial charge in [-0.15, -0.1) is 11.3 Å². The van der Waals surface area contributed by atoms with E-state index in [1.807, 2.05) is 43.3 Å². The number of carbonyl (C=O) groups is 1. The molecular weight excluding hydrogens is 308 g/mol. The topological polar surface area (TPSA) is 51.2 Å². The predicted molar refractivity (Wildman–Crippen MR) is 93.1 cm³/mol. The van der Waals surface area contributed by atoms with E-state index in [0.717, 1.165) is 10.4 Å². The fourth-order valence-corrected chi connectivity index (χ4v) is 3.17. The number of hydrogen-bond donors (Lipinski definition) is 1. The van der Waals surface area contributed by atoms with Crippen LogP contribution < -0.4 is 10.1 Å². The molecule has 116 valence electrons. The zero-order chi connectivity index (χ0) is 16.1. The Morgan fingerprint density at radius 3 is 2.61 bits per heavy atom. The number of anilines is 1. The van der Waals surface area contributed by atoms with Crippen LogP contribution in [0.25, 0.3) is 10.4 Å². The molecule has 0 unspecified atom stereocenters. The van der Waals surface area contributed by atoms with Gasteiger partial charge in [-0.1, -0.05) is 30.3 Å². The van der Waals surface area contributed by atoms with Crippen molar-refractivity contribution >= 4 is 22.9 Å². The third-order valence-corrected chi connectivity index (χ3v) is 4.36. The Morgan fingerprint density at radius 1 is 1.17 bits per heavy atom. The first kappa shape index (κ1) is 15.2. The van der Waals surface area contributed by atoms with Crippen molar-refractivity contribution in [2.24, 2.45) is 0 Å². The summed E-state index contributed by atoms with van der Waals surface area (Å²) in [5, 5.41) is 2.87. The van der Waals surface area contributed by atoms with E-state index in [2.05, 4.69) is 10.3 Å². The monoisotopic (exact) mass is 324 g/mol. The number of hydrogen-bond acceptors (Lipinski definition) is 4. The van der Waals surface area contributed by atoms with Crippen molar-refractivity contribution < 1.29 is 9.53 Å². The van der Waals surface area contributed by atoms with Gasteiger partial charge in [0.2, 0.25) is 0 Å². The number of rotatable bonds is 5. The lowest BCUT2D eigenvalue weighted by Gasteiger charge is -2.05. The lowest BCUT2D eigenvalue weighted by Crippen LogP contribution is -2.11. The van der Waals surface area contributed by atoms with Crippen LogP contribution in [0.5, 0.6) is 5.75 Å². The van der Waals surface area contributed by atoms with Crippen molar-refractivity contribution in [1.29, 1.82) is 0 Å². The summed E-state index contributed by atoms with van der Waals surface area (Å²) in [6.07, 6.45) is 3.28. The predicted octanol–water partition coefficient (Wildman–Crippen LogP) is 4.46. The largest absolute Gasteiger partial charge is 0.492 e. The van der Waals surface area contributed by atoms with Gasteiger partial charge >= 0.3 is 0 Å². The van der Waals surface area contributed by atoms with E-state index in [4.69, 9.17) is 4.74 Å². The van der Waals surface area contributed by atoms with Gasteiger partial charge in [-0.3, -0.25) is 9.78 Å². The molecule has 3 aromatic rings. The summed E-state index contributed by atoms with van der Waals surface area (Å²) in [5.74, 6) is 0.440. The number of pyridine rings is 1. The van der Waals surface area contributed by atoms with E-state index < -0.39 is 0 Å². The molecule has 0 radical (unpaired) electrons. The first-order valence-electron chi connectivity index (χ1n) is 7.31. The van der Waals surface area contributed by atoms with Crippen LogP contribution in [0.3, 0.4) is 0 Å². The summed E-state index contributed by atoms with van der Waals surface area (Å²) in [7, 11) is 0. The highest BCUT2D eigenvalue weighted by atomic mass is 32.1. The Morgan fingerprint density at radius 2 is 1.91 bits per heavy atom. The molecule has 0 fully saturated rings. The van der Waals surface area contributed by atoms with Crippen LogP contribution in [0.2, 0.25) is 0 Å². The van der Waals surface area contributed by atoms with Gasteiger partial charge in [0.1, 0.15) is 10.6 Å². The molecule has 23 heavy (non-hydrogen) atoms. The highest BCUT2D eigenvalue weighted by molar-refractivity contribution is 7.17. The number of aromatic nitrogens is 1. The van der Waals surface area contributed by atoms with E-state index in [1.165, 1.54) is 11.3 Å². The minimum absolute atomic E-state index is 0.174. The van der Waals surface area contributed by atoms with Crippen LogP contribution in [0.15, 0.2) is 60.9 Å². The standard InChI is InChI=1S/C18H16N2O2S/c1-2-22-15-12-16(13-6-4-3-5-7-13)23-17(15)18(21)20-14-8-10-19-11-9-14/h3-12H,2H2,1H3,(H,19,20,21). The molecule has 2 aromatic heterocycles. The molecule has 0 bridgehead atoms. The van der Waals surface area contributed by atoms with Gasteiger partial charge < -0.3 is 10.1 Å². The second-order valence-corrected chi connectivity index (χ2v) is 5.85. The van der Waals surface area contributed by atoms with E-state index in [-0.39, 0.29) is 5.91 Å². The van der Waals surface area contributed by atoms with Gasteiger partial charge in [-0.2, -0.15) is 0 Å². The average molecular weight is 324 g/mol. The van der Waals surface area contributed by atoms with Crippen molar-refractivity contribution in [2.75, 3.05) is 11.9 Å². The van der Waals surface area contributed by atoms with Gasteiger partial charge in [0, 0.05) is 23.0 Å². The van der Waals surface area contributed by atoms with Crippen molar-refractivity contribution in [3.05, 3.63) is 65.8 Å². The molecule has 0 aliphatic carbocycles. The minimum atomic E-state index is -0.174. The van der Waals surface area contributed by atoms with Crippen molar-refractivity contribution in [3.63, 3.8) is 0 Å². The molecule has 0 aliphatic heterocycles. The molecule has 0 saturated carbocycles. The summed E-state index contributed by atoms with van der Waals surface area (Å²) >= 11 is 1.43. The Balaban J connectivity index is 1.91. The van der Waals surface area contributed by atoms with Gasteiger partial charge in [0.25, 0.3) is 5.91 Å². The van der Waals surface area contributed by atoms with E-state index >= 15 is 0 Å². The maximum absolute atomic E-state index is 12.6. The molecule has 1 N–H and O–H groups in total. The quantitative estimate of drug-likeness (QED) is 0.754.